The molecule has 23 heavy (non-hydrogen) atoms. The van der Waals surface area contributed by atoms with E-state index in [9.17, 15) is 10.4 Å². The zero-order chi connectivity index (χ0) is 16.7. The molecule has 4 heteroatoms. The van der Waals surface area contributed by atoms with Crippen molar-refractivity contribution in [2.24, 2.45) is 7.05 Å². The number of aryl methyl sites for hydroxylation is 2. The molecule has 0 fully saturated rings. The normalized spacial score (nSPS) is 10.7. The van der Waals surface area contributed by atoms with Crippen LogP contribution in [0.25, 0.3) is 22.3 Å². The lowest BCUT2D eigenvalue weighted by Crippen LogP contribution is -1.94. The second-order valence-corrected chi connectivity index (χ2v) is 5.75. The Kier molecular flexibility index (Phi) is 3.49. The van der Waals surface area contributed by atoms with Crippen molar-refractivity contribution < 1.29 is 9.52 Å². The average molecular weight is 306 g/mol. The third-order valence-electron chi connectivity index (χ3n) is 4.36. The van der Waals surface area contributed by atoms with Crippen LogP contribution in [0.5, 0.6) is 5.75 Å². The molecule has 2 aromatic heterocycles. The summed E-state index contributed by atoms with van der Waals surface area (Å²) in [6.07, 6.45) is 1.72. The zero-order valence-corrected chi connectivity index (χ0v) is 13.6. The van der Waals surface area contributed by atoms with Gasteiger partial charge in [0.1, 0.15) is 23.3 Å². The molecule has 0 radical (unpaired) electrons. The summed E-state index contributed by atoms with van der Waals surface area (Å²) in [6.45, 7) is 5.89. The number of furan rings is 1. The Morgan fingerprint density at radius 2 is 1.70 bits per heavy atom. The maximum absolute atomic E-state index is 9.67. The van der Waals surface area contributed by atoms with Gasteiger partial charge in [-0.25, -0.2) is 0 Å². The molecule has 0 unspecified atom stereocenters. The molecule has 0 saturated carbocycles. The molecule has 1 aromatic carbocycles. The molecule has 2 heterocycles. The summed E-state index contributed by atoms with van der Waals surface area (Å²) in [4.78, 5) is 0. The minimum absolute atomic E-state index is 0.222. The summed E-state index contributed by atoms with van der Waals surface area (Å²) >= 11 is 0. The van der Waals surface area contributed by atoms with E-state index in [-0.39, 0.29) is 5.75 Å². The summed E-state index contributed by atoms with van der Waals surface area (Å²) < 4.78 is 7.46. The van der Waals surface area contributed by atoms with Gasteiger partial charge in [0.2, 0.25) is 0 Å². The van der Waals surface area contributed by atoms with Crippen LogP contribution in [0.15, 0.2) is 34.9 Å². The molecule has 0 atom stereocenters. The van der Waals surface area contributed by atoms with E-state index in [0.717, 1.165) is 39.3 Å². The highest BCUT2D eigenvalue weighted by Crippen LogP contribution is 2.42. The topological polar surface area (TPSA) is 62.1 Å². The molecule has 0 spiro atoms. The number of aromatic nitrogens is 1. The molecule has 3 aromatic rings. The Hall–Kier alpha value is -2.93. The van der Waals surface area contributed by atoms with Crippen molar-refractivity contribution in [1.82, 2.24) is 4.57 Å². The molecule has 0 aliphatic carbocycles. The van der Waals surface area contributed by atoms with Crippen LogP contribution in [0.1, 0.15) is 22.7 Å². The summed E-state index contributed by atoms with van der Waals surface area (Å²) in [6, 6.07) is 9.38. The predicted molar refractivity (Wildman–Crippen MR) is 89.1 cm³/mol. The van der Waals surface area contributed by atoms with E-state index in [1.165, 1.54) is 0 Å². The number of phenols is 1. The highest BCUT2D eigenvalue weighted by atomic mass is 16.3. The quantitative estimate of drug-likeness (QED) is 0.760. The molecule has 1 N–H and O–H groups in total. The molecule has 116 valence electrons. The summed E-state index contributed by atoms with van der Waals surface area (Å²) in [5, 5.41) is 19.2. The molecule has 4 nitrogen and oxygen atoms in total. The van der Waals surface area contributed by atoms with Gasteiger partial charge in [-0.3, -0.25) is 0 Å². The average Bonchev–Trinajstić information content (AvgIpc) is 2.98. The van der Waals surface area contributed by atoms with Crippen LogP contribution in [0.3, 0.4) is 0 Å². The highest BCUT2D eigenvalue weighted by molar-refractivity contribution is 5.91. The van der Waals surface area contributed by atoms with Crippen molar-refractivity contribution in [2.45, 2.75) is 20.8 Å². The smallest absolute Gasteiger partial charge is 0.128 e. The van der Waals surface area contributed by atoms with Crippen molar-refractivity contribution in [2.75, 3.05) is 0 Å². The van der Waals surface area contributed by atoms with Crippen molar-refractivity contribution in [3.63, 3.8) is 0 Å². The van der Waals surface area contributed by atoms with Crippen LogP contribution >= 0.6 is 0 Å². The van der Waals surface area contributed by atoms with Gasteiger partial charge in [0, 0.05) is 29.4 Å². The molecule has 0 amide bonds. The fraction of sp³-hybridized carbons (Fsp3) is 0.211. The fourth-order valence-corrected chi connectivity index (χ4v) is 3.10. The van der Waals surface area contributed by atoms with Crippen molar-refractivity contribution >= 4 is 0 Å². The second kappa shape index (κ2) is 5.36. The summed E-state index contributed by atoms with van der Waals surface area (Å²) in [7, 11) is 1.89. The lowest BCUT2D eigenvalue weighted by Gasteiger charge is -2.07. The molecular formula is C19H18N2O2. The lowest BCUT2D eigenvalue weighted by atomic mass is 9.93. The number of aromatic hydroxyl groups is 1. The van der Waals surface area contributed by atoms with Crippen LogP contribution in [0, 0.1) is 32.1 Å². The summed E-state index contributed by atoms with van der Waals surface area (Å²) in [5.41, 5.74) is 6.43. The first-order chi connectivity index (χ1) is 11.0. The van der Waals surface area contributed by atoms with Crippen molar-refractivity contribution in [1.29, 1.82) is 5.26 Å². The van der Waals surface area contributed by atoms with E-state index >= 15 is 0 Å². The van der Waals surface area contributed by atoms with E-state index in [4.69, 9.17) is 4.42 Å². The molecule has 0 aliphatic heterocycles. The fourth-order valence-electron chi connectivity index (χ4n) is 3.10. The number of nitrogens with zero attached hydrogens (tertiary/aromatic N) is 2. The van der Waals surface area contributed by atoms with E-state index in [1.807, 2.05) is 44.5 Å². The molecule has 0 saturated heterocycles. The number of rotatable bonds is 2. The predicted octanol–water partition coefficient (Wildman–Crippen LogP) is 4.45. The first-order valence-electron chi connectivity index (χ1n) is 7.39. The van der Waals surface area contributed by atoms with Gasteiger partial charge in [0.15, 0.2) is 0 Å². The van der Waals surface area contributed by atoms with Gasteiger partial charge in [0.05, 0.1) is 6.26 Å². The van der Waals surface area contributed by atoms with Gasteiger partial charge in [-0.05, 0) is 44.0 Å². The molecule has 0 aliphatic rings. The largest absolute Gasteiger partial charge is 0.508 e. The molecule has 0 bridgehead atoms. The maximum Gasteiger partial charge on any atom is 0.128 e. The maximum atomic E-state index is 9.67. The Balaban J connectivity index is 2.41. The van der Waals surface area contributed by atoms with Gasteiger partial charge >= 0.3 is 0 Å². The third-order valence-corrected chi connectivity index (χ3v) is 4.36. The van der Waals surface area contributed by atoms with Crippen LogP contribution < -0.4 is 0 Å². The van der Waals surface area contributed by atoms with E-state index < -0.39 is 0 Å². The van der Waals surface area contributed by atoms with E-state index in [1.54, 1.807) is 18.4 Å². The van der Waals surface area contributed by atoms with E-state index in [0.29, 0.717) is 5.69 Å². The highest BCUT2D eigenvalue weighted by Gasteiger charge is 2.24. The monoisotopic (exact) mass is 306 g/mol. The Bertz CT molecular complexity index is 902. The second-order valence-electron chi connectivity index (χ2n) is 5.75. The number of hydrogen-bond acceptors (Lipinski definition) is 3. The molecular weight excluding hydrogens is 288 g/mol. The number of benzene rings is 1. The number of phenolic OH excluding ortho intramolecular Hbond substituents is 1. The van der Waals surface area contributed by atoms with Crippen LogP contribution in [-0.2, 0) is 7.05 Å². The van der Waals surface area contributed by atoms with E-state index in [2.05, 4.69) is 6.07 Å². The number of nitriles is 1. The van der Waals surface area contributed by atoms with Crippen LogP contribution in [0.2, 0.25) is 0 Å². The van der Waals surface area contributed by atoms with Gasteiger partial charge in [-0.15, -0.1) is 0 Å². The third kappa shape index (κ3) is 2.22. The van der Waals surface area contributed by atoms with Crippen LogP contribution in [0.4, 0.5) is 0 Å². The van der Waals surface area contributed by atoms with Crippen LogP contribution in [-0.4, -0.2) is 9.67 Å². The first kappa shape index (κ1) is 15.0. The van der Waals surface area contributed by atoms with Crippen molar-refractivity contribution in [3.8, 4) is 34.1 Å². The number of hydrogen-bond donors (Lipinski definition) is 1. The standard InChI is InChI=1S/C19H18N2O2/c1-11-10-23-13(3)17(11)19-16(9-20)21(4)12(2)18(19)14-5-7-15(22)8-6-14/h5-8,10,22H,1-4H3. The Morgan fingerprint density at radius 3 is 2.22 bits per heavy atom. The van der Waals surface area contributed by atoms with Gasteiger partial charge < -0.3 is 14.1 Å². The minimum atomic E-state index is 0.222. The van der Waals surface area contributed by atoms with Gasteiger partial charge in [0.25, 0.3) is 0 Å². The van der Waals surface area contributed by atoms with Gasteiger partial charge in [-0.2, -0.15) is 5.26 Å². The first-order valence-corrected chi connectivity index (χ1v) is 7.39. The SMILES string of the molecule is Cc1coc(C)c1-c1c(-c2ccc(O)cc2)c(C)n(C)c1C#N. The Morgan fingerprint density at radius 1 is 1.04 bits per heavy atom. The summed E-state index contributed by atoms with van der Waals surface area (Å²) in [5.74, 6) is 1.02. The van der Waals surface area contributed by atoms with Crippen molar-refractivity contribution in [3.05, 3.63) is 53.2 Å². The molecule has 3 rings (SSSR count). The van der Waals surface area contributed by atoms with Gasteiger partial charge in [-0.1, -0.05) is 12.1 Å². The zero-order valence-electron chi connectivity index (χ0n) is 13.6. The Labute approximate surface area is 135 Å². The lowest BCUT2D eigenvalue weighted by molar-refractivity contribution is 0.475. The minimum Gasteiger partial charge on any atom is -0.508 e.